The summed E-state index contributed by atoms with van der Waals surface area (Å²) in [4.78, 5) is 0. The molecule has 0 aliphatic carbocycles. The van der Waals surface area contributed by atoms with Crippen molar-refractivity contribution in [3.8, 4) is 0 Å². The summed E-state index contributed by atoms with van der Waals surface area (Å²) in [6.45, 7) is 2.44. The number of rotatable bonds is 6. The number of hydrogen-bond acceptors (Lipinski definition) is 2. The minimum Gasteiger partial charge on any atom is -0.394 e. The van der Waals surface area contributed by atoms with Gasteiger partial charge in [0.15, 0.2) is 0 Å². The van der Waals surface area contributed by atoms with Crippen molar-refractivity contribution in [1.29, 1.82) is 0 Å². The Hall–Kier alpha value is -0.0800. The smallest absolute Gasteiger partial charge is 0.0809 e. The maximum atomic E-state index is 9.12. The predicted octanol–water partition coefficient (Wildman–Crippen LogP) is 3.28. The van der Waals surface area contributed by atoms with Gasteiger partial charge in [0.05, 0.1) is 18.8 Å². The molecule has 1 aliphatic rings. The normalized spacial score (nSPS) is 27.6. The van der Waals surface area contributed by atoms with E-state index >= 15 is 0 Å². The molecule has 0 spiro atoms. The van der Waals surface area contributed by atoms with Crippen molar-refractivity contribution in [2.75, 3.05) is 6.61 Å². The van der Waals surface area contributed by atoms with Gasteiger partial charge in [0.25, 0.3) is 0 Å². The molecule has 90 valence electrons. The Morgan fingerprint density at radius 1 is 1.07 bits per heavy atom. The Bertz CT molecular complexity index is 147. The van der Waals surface area contributed by atoms with Gasteiger partial charge in [0.1, 0.15) is 0 Å². The quantitative estimate of drug-likeness (QED) is 0.688. The molecule has 2 nitrogen and oxygen atoms in total. The molecular weight excluding hydrogens is 188 g/mol. The van der Waals surface area contributed by atoms with Gasteiger partial charge in [-0.2, -0.15) is 0 Å². The molecule has 1 fully saturated rings. The lowest BCUT2D eigenvalue weighted by Crippen LogP contribution is -2.22. The van der Waals surface area contributed by atoms with E-state index in [2.05, 4.69) is 6.92 Å². The lowest BCUT2D eigenvalue weighted by atomic mass is 10.0. The largest absolute Gasteiger partial charge is 0.394 e. The predicted molar refractivity (Wildman–Crippen MR) is 63.0 cm³/mol. The van der Waals surface area contributed by atoms with Crippen LogP contribution in [-0.4, -0.2) is 23.9 Å². The van der Waals surface area contributed by atoms with Gasteiger partial charge in [-0.25, -0.2) is 0 Å². The van der Waals surface area contributed by atoms with Gasteiger partial charge in [-0.15, -0.1) is 0 Å². The molecule has 1 saturated heterocycles. The lowest BCUT2D eigenvalue weighted by molar-refractivity contribution is -0.0392. The number of aliphatic hydroxyl groups excluding tert-OH is 1. The fourth-order valence-corrected chi connectivity index (χ4v) is 2.30. The van der Waals surface area contributed by atoms with E-state index in [1.165, 1.54) is 51.4 Å². The average molecular weight is 214 g/mol. The van der Waals surface area contributed by atoms with E-state index in [9.17, 15) is 0 Å². The Balaban J connectivity index is 2.15. The highest BCUT2D eigenvalue weighted by Gasteiger charge is 2.19. The average Bonchev–Trinajstić information content (AvgIpc) is 2.49. The zero-order valence-corrected chi connectivity index (χ0v) is 10.1. The standard InChI is InChI=1S/C13H26O2/c1-2-3-4-5-8-12-9-6-7-10-13(11-14)15-12/h12-14H,2-11H2,1H3/t12-,13+/m0/s1. The van der Waals surface area contributed by atoms with E-state index < -0.39 is 0 Å². The molecule has 0 aromatic rings. The first kappa shape index (κ1) is 13.0. The molecule has 15 heavy (non-hydrogen) atoms. The minimum absolute atomic E-state index is 0.115. The van der Waals surface area contributed by atoms with Crippen LogP contribution in [0.2, 0.25) is 0 Å². The highest BCUT2D eigenvalue weighted by atomic mass is 16.5. The molecule has 1 aliphatic heterocycles. The van der Waals surface area contributed by atoms with Gasteiger partial charge in [0, 0.05) is 0 Å². The van der Waals surface area contributed by atoms with Crippen LogP contribution in [0.1, 0.15) is 64.7 Å². The first-order chi connectivity index (χ1) is 7.36. The van der Waals surface area contributed by atoms with Crippen LogP contribution in [0.3, 0.4) is 0 Å². The maximum Gasteiger partial charge on any atom is 0.0809 e. The van der Waals surface area contributed by atoms with Gasteiger partial charge < -0.3 is 9.84 Å². The molecule has 0 aromatic carbocycles. The summed E-state index contributed by atoms with van der Waals surface area (Å²) in [7, 11) is 0. The fourth-order valence-electron chi connectivity index (χ4n) is 2.30. The van der Waals surface area contributed by atoms with Crippen molar-refractivity contribution in [3.63, 3.8) is 0 Å². The summed E-state index contributed by atoms with van der Waals surface area (Å²) in [5, 5.41) is 9.12. The summed E-state index contributed by atoms with van der Waals surface area (Å²) in [5.74, 6) is 0. The summed E-state index contributed by atoms with van der Waals surface area (Å²) in [6.07, 6.45) is 11.7. The van der Waals surface area contributed by atoms with E-state index in [0.29, 0.717) is 6.10 Å². The van der Waals surface area contributed by atoms with Gasteiger partial charge in [-0.05, 0) is 19.3 Å². The van der Waals surface area contributed by atoms with E-state index in [1.807, 2.05) is 0 Å². The summed E-state index contributed by atoms with van der Waals surface area (Å²) < 4.78 is 5.89. The van der Waals surface area contributed by atoms with Crippen LogP contribution in [0.5, 0.6) is 0 Å². The second kappa shape index (κ2) is 8.12. The molecule has 1 heterocycles. The fraction of sp³-hybridized carbons (Fsp3) is 1.00. The number of unbranched alkanes of at least 4 members (excludes halogenated alkanes) is 3. The molecule has 1 N–H and O–H groups in total. The van der Waals surface area contributed by atoms with E-state index in [0.717, 1.165) is 6.42 Å². The van der Waals surface area contributed by atoms with E-state index in [-0.39, 0.29) is 12.7 Å². The molecule has 0 bridgehead atoms. The number of aliphatic hydroxyl groups is 1. The maximum absolute atomic E-state index is 9.12. The second-order valence-corrected chi connectivity index (χ2v) is 4.70. The third-order valence-electron chi connectivity index (χ3n) is 3.27. The molecule has 0 amide bonds. The van der Waals surface area contributed by atoms with Crippen molar-refractivity contribution in [3.05, 3.63) is 0 Å². The Morgan fingerprint density at radius 3 is 2.47 bits per heavy atom. The zero-order chi connectivity index (χ0) is 10.9. The highest BCUT2D eigenvalue weighted by Crippen LogP contribution is 2.22. The zero-order valence-electron chi connectivity index (χ0n) is 10.1. The molecular formula is C13H26O2. The van der Waals surface area contributed by atoms with Gasteiger partial charge >= 0.3 is 0 Å². The molecule has 0 saturated carbocycles. The Kier molecular flexibility index (Phi) is 7.03. The van der Waals surface area contributed by atoms with Crippen LogP contribution < -0.4 is 0 Å². The summed E-state index contributed by atoms with van der Waals surface area (Å²) in [5.41, 5.74) is 0. The van der Waals surface area contributed by atoms with Crippen molar-refractivity contribution >= 4 is 0 Å². The molecule has 1 rings (SSSR count). The van der Waals surface area contributed by atoms with E-state index in [4.69, 9.17) is 9.84 Å². The van der Waals surface area contributed by atoms with Gasteiger partial charge in [0.2, 0.25) is 0 Å². The third kappa shape index (κ3) is 5.53. The Labute approximate surface area is 94.0 Å². The van der Waals surface area contributed by atoms with Crippen molar-refractivity contribution in [2.45, 2.75) is 76.9 Å². The molecule has 0 radical (unpaired) electrons. The van der Waals surface area contributed by atoms with Crippen LogP contribution in [-0.2, 0) is 4.74 Å². The number of hydrogen-bond donors (Lipinski definition) is 1. The van der Waals surface area contributed by atoms with Crippen LogP contribution in [0, 0.1) is 0 Å². The van der Waals surface area contributed by atoms with E-state index in [1.54, 1.807) is 0 Å². The van der Waals surface area contributed by atoms with Crippen molar-refractivity contribution in [2.24, 2.45) is 0 Å². The summed E-state index contributed by atoms with van der Waals surface area (Å²) >= 11 is 0. The van der Waals surface area contributed by atoms with Gasteiger partial charge in [-0.3, -0.25) is 0 Å². The topological polar surface area (TPSA) is 29.5 Å². The van der Waals surface area contributed by atoms with Crippen molar-refractivity contribution < 1.29 is 9.84 Å². The monoisotopic (exact) mass is 214 g/mol. The van der Waals surface area contributed by atoms with Crippen LogP contribution in [0.4, 0.5) is 0 Å². The van der Waals surface area contributed by atoms with Gasteiger partial charge in [-0.1, -0.05) is 45.4 Å². The first-order valence-corrected chi connectivity index (χ1v) is 6.63. The molecule has 0 aromatic heterocycles. The van der Waals surface area contributed by atoms with Crippen LogP contribution >= 0.6 is 0 Å². The lowest BCUT2D eigenvalue weighted by Gasteiger charge is -2.20. The molecule has 2 atom stereocenters. The minimum atomic E-state index is 0.115. The summed E-state index contributed by atoms with van der Waals surface area (Å²) in [6, 6.07) is 0. The molecule has 2 heteroatoms. The highest BCUT2D eigenvalue weighted by molar-refractivity contribution is 4.68. The Morgan fingerprint density at radius 2 is 1.80 bits per heavy atom. The van der Waals surface area contributed by atoms with Crippen LogP contribution in [0.25, 0.3) is 0 Å². The van der Waals surface area contributed by atoms with Crippen molar-refractivity contribution in [1.82, 2.24) is 0 Å². The molecule has 0 unspecified atom stereocenters. The first-order valence-electron chi connectivity index (χ1n) is 6.63. The second-order valence-electron chi connectivity index (χ2n) is 4.70. The number of ether oxygens (including phenoxy) is 1. The SMILES string of the molecule is CCCCCC[C@H]1CCCC[C@H](CO)O1. The third-order valence-corrected chi connectivity index (χ3v) is 3.27. The van der Waals surface area contributed by atoms with Crippen LogP contribution in [0.15, 0.2) is 0 Å².